The molecular weight excluding hydrogens is 1020 g/mol. The van der Waals surface area contributed by atoms with Gasteiger partial charge >= 0.3 is 0 Å². The third-order valence-electron chi connectivity index (χ3n) is 17.4. The van der Waals surface area contributed by atoms with E-state index in [-0.39, 0.29) is 12.5 Å². The zero-order chi connectivity index (χ0) is 59.3. The normalized spacial score (nSPS) is 18.5. The van der Waals surface area contributed by atoms with Gasteiger partial charge in [0.25, 0.3) is 0 Å². The molecule has 0 aliphatic carbocycles. The molecule has 1 rings (SSSR count). The summed E-state index contributed by atoms with van der Waals surface area (Å²) < 4.78 is 11.3. The molecule has 6 N–H and O–H groups in total. The lowest BCUT2D eigenvalue weighted by atomic mass is 9.99. The zero-order valence-corrected chi connectivity index (χ0v) is 54.3. The first-order chi connectivity index (χ1) is 40.3. The van der Waals surface area contributed by atoms with Gasteiger partial charge in [0.1, 0.15) is 24.4 Å². The highest BCUT2D eigenvalue weighted by Crippen LogP contribution is 2.24. The number of hydrogen-bond donors (Lipinski definition) is 6. The van der Waals surface area contributed by atoms with Gasteiger partial charge in [-0.3, -0.25) is 4.79 Å². The fourth-order valence-electron chi connectivity index (χ4n) is 11.8. The fourth-order valence-corrected chi connectivity index (χ4v) is 11.8. The van der Waals surface area contributed by atoms with Crippen LogP contribution in [-0.4, -0.2) is 87.5 Å². The number of carbonyl (C=O) groups excluding carboxylic acids is 1. The van der Waals surface area contributed by atoms with E-state index < -0.39 is 49.5 Å². The van der Waals surface area contributed by atoms with Crippen LogP contribution in [-0.2, 0) is 14.3 Å². The van der Waals surface area contributed by atoms with Crippen molar-refractivity contribution in [3.05, 3.63) is 36.5 Å². The Morgan fingerprint density at radius 1 is 0.402 bits per heavy atom. The highest BCUT2D eigenvalue weighted by Gasteiger charge is 2.44. The maximum atomic E-state index is 13.1. The molecule has 0 saturated carbocycles. The van der Waals surface area contributed by atoms with Gasteiger partial charge in [-0.05, 0) is 44.9 Å². The monoisotopic (exact) mass is 1160 g/mol. The molecule has 82 heavy (non-hydrogen) atoms. The summed E-state index contributed by atoms with van der Waals surface area (Å²) in [6.07, 6.45) is 77.2. The number of hydrogen-bond acceptors (Lipinski definition) is 8. The topological polar surface area (TPSA) is 149 Å². The second kappa shape index (κ2) is 62.5. The lowest BCUT2D eigenvalue weighted by Crippen LogP contribution is -2.60. The van der Waals surface area contributed by atoms with Crippen molar-refractivity contribution in [3.8, 4) is 0 Å². The minimum Gasteiger partial charge on any atom is -0.394 e. The van der Waals surface area contributed by atoms with Crippen molar-refractivity contribution in [2.24, 2.45) is 0 Å². The van der Waals surface area contributed by atoms with E-state index in [1.165, 1.54) is 302 Å². The number of rotatable bonds is 64. The second-order valence-corrected chi connectivity index (χ2v) is 25.4. The molecule has 9 heteroatoms. The van der Waals surface area contributed by atoms with E-state index in [1.54, 1.807) is 6.08 Å². The van der Waals surface area contributed by atoms with E-state index in [9.17, 15) is 30.3 Å². The van der Waals surface area contributed by atoms with E-state index in [1.807, 2.05) is 6.08 Å². The van der Waals surface area contributed by atoms with E-state index in [0.29, 0.717) is 6.42 Å². The van der Waals surface area contributed by atoms with Crippen molar-refractivity contribution >= 4 is 5.91 Å². The van der Waals surface area contributed by atoms with Gasteiger partial charge in [-0.15, -0.1) is 0 Å². The summed E-state index contributed by atoms with van der Waals surface area (Å²) in [7, 11) is 0. The Morgan fingerprint density at radius 3 is 1.02 bits per heavy atom. The summed E-state index contributed by atoms with van der Waals surface area (Å²) >= 11 is 0. The van der Waals surface area contributed by atoms with E-state index in [0.717, 1.165) is 44.9 Å². The maximum absolute atomic E-state index is 13.1. The second-order valence-electron chi connectivity index (χ2n) is 25.4. The van der Waals surface area contributed by atoms with Gasteiger partial charge in [0.05, 0.1) is 25.4 Å². The van der Waals surface area contributed by atoms with Crippen LogP contribution in [0.2, 0.25) is 0 Å². The number of allylic oxidation sites excluding steroid dienone is 5. The molecule has 0 radical (unpaired) electrons. The molecule has 0 aromatic rings. The van der Waals surface area contributed by atoms with Gasteiger partial charge in [-0.1, -0.05) is 352 Å². The number of unbranched alkanes of at least 4 members (excludes halogenated alkanes) is 50. The first-order valence-electron chi connectivity index (χ1n) is 36.2. The number of amides is 1. The quantitative estimate of drug-likeness (QED) is 0.0261. The molecule has 9 nitrogen and oxygen atoms in total. The Hall–Kier alpha value is -1.59. The van der Waals surface area contributed by atoms with Gasteiger partial charge in [0.15, 0.2) is 6.29 Å². The van der Waals surface area contributed by atoms with E-state index in [2.05, 4.69) is 43.5 Å². The number of nitrogens with one attached hydrogen (secondary N) is 1. The molecule has 1 fully saturated rings. The average Bonchev–Trinajstić information content (AvgIpc) is 3.59. The third-order valence-corrected chi connectivity index (χ3v) is 17.4. The number of aliphatic hydroxyl groups is 5. The molecule has 1 saturated heterocycles. The van der Waals surface area contributed by atoms with Crippen molar-refractivity contribution in [1.82, 2.24) is 5.32 Å². The number of carbonyl (C=O) groups is 1. The molecule has 1 amide bonds. The summed E-state index contributed by atoms with van der Waals surface area (Å²) in [5.41, 5.74) is 0. The first kappa shape index (κ1) is 78.4. The Morgan fingerprint density at radius 2 is 0.695 bits per heavy atom. The molecule has 0 aromatic carbocycles. The Bertz CT molecular complexity index is 1390. The highest BCUT2D eigenvalue weighted by molar-refractivity contribution is 5.76. The predicted octanol–water partition coefficient (Wildman–Crippen LogP) is 19.8. The predicted molar refractivity (Wildman–Crippen MR) is 350 cm³/mol. The van der Waals surface area contributed by atoms with Gasteiger partial charge in [-0.2, -0.15) is 0 Å². The summed E-state index contributed by atoms with van der Waals surface area (Å²) in [6, 6.07) is -0.827. The summed E-state index contributed by atoms with van der Waals surface area (Å²) in [6.45, 7) is 3.80. The van der Waals surface area contributed by atoms with Crippen LogP contribution < -0.4 is 5.32 Å². The summed E-state index contributed by atoms with van der Waals surface area (Å²) in [5, 5.41) is 54.6. The van der Waals surface area contributed by atoms with E-state index in [4.69, 9.17) is 9.47 Å². The van der Waals surface area contributed by atoms with Gasteiger partial charge in [-0.25, -0.2) is 0 Å². The maximum Gasteiger partial charge on any atom is 0.220 e. The van der Waals surface area contributed by atoms with Crippen LogP contribution in [0.3, 0.4) is 0 Å². The molecule has 1 heterocycles. The fraction of sp³-hybridized carbons (Fsp3) is 0.904. The molecule has 7 unspecified atom stereocenters. The third kappa shape index (κ3) is 50.6. The van der Waals surface area contributed by atoms with E-state index >= 15 is 0 Å². The van der Waals surface area contributed by atoms with Crippen LogP contribution >= 0.6 is 0 Å². The van der Waals surface area contributed by atoms with Gasteiger partial charge in [0.2, 0.25) is 5.91 Å². The standard InChI is InChI=1S/C73H139NO8/c1-3-5-7-9-11-13-15-17-19-21-23-24-25-26-27-28-29-30-31-32-33-34-35-36-37-38-39-40-41-42-43-45-47-49-51-53-55-57-59-61-63-69(77)74-66(65-81-73-72(80)71(79)70(78)68(64-75)82-73)67(76)62-60-58-56-54-52-50-48-46-44-22-20-18-16-14-12-10-8-6-4-2/h44,46,52,54,60,62,66-68,70-73,75-76,78-80H,3-43,45,47-51,53,55-59,61,63-65H2,1-2H3,(H,74,77)/b46-44+,54-52+,62-60+. The molecule has 1 aliphatic rings. The Kier molecular flexibility index (Phi) is 59.7. The zero-order valence-electron chi connectivity index (χ0n) is 54.3. The minimum atomic E-state index is -1.57. The summed E-state index contributed by atoms with van der Waals surface area (Å²) in [4.78, 5) is 13.1. The molecular formula is C73H139NO8. The Balaban J connectivity index is 2.04. The largest absolute Gasteiger partial charge is 0.394 e. The van der Waals surface area contributed by atoms with Crippen molar-refractivity contribution in [3.63, 3.8) is 0 Å². The SMILES string of the molecule is CCCCCCCCCCC/C=C/CC/C=C/CC/C=C/C(O)C(COC1OC(CO)C(O)C(O)C1O)NC(=O)CCCCCCCCCCCCCCCCCCCCCCCCCCCCCCCCCCCCCCCCCC. The van der Waals surface area contributed by atoms with Crippen molar-refractivity contribution in [2.75, 3.05) is 13.2 Å². The van der Waals surface area contributed by atoms with Gasteiger partial charge < -0.3 is 40.3 Å². The van der Waals surface area contributed by atoms with Gasteiger partial charge in [0, 0.05) is 6.42 Å². The average molecular weight is 1160 g/mol. The summed E-state index contributed by atoms with van der Waals surface area (Å²) in [5.74, 6) is -0.184. The minimum absolute atomic E-state index is 0.184. The van der Waals surface area contributed by atoms with Crippen LogP contribution in [0.15, 0.2) is 36.5 Å². The van der Waals surface area contributed by atoms with Crippen LogP contribution in [0.1, 0.15) is 367 Å². The number of ether oxygens (including phenoxy) is 2. The lowest BCUT2D eigenvalue weighted by Gasteiger charge is -2.40. The van der Waals surface area contributed by atoms with Crippen LogP contribution in [0.4, 0.5) is 0 Å². The lowest BCUT2D eigenvalue weighted by molar-refractivity contribution is -0.302. The Labute approximate surface area is 508 Å². The molecule has 0 spiro atoms. The first-order valence-corrected chi connectivity index (χ1v) is 36.2. The highest BCUT2D eigenvalue weighted by atomic mass is 16.7. The molecule has 0 aromatic heterocycles. The van der Waals surface area contributed by atoms with Crippen molar-refractivity contribution in [1.29, 1.82) is 0 Å². The molecule has 484 valence electrons. The van der Waals surface area contributed by atoms with Crippen LogP contribution in [0, 0.1) is 0 Å². The van der Waals surface area contributed by atoms with Crippen molar-refractivity contribution < 1.29 is 39.8 Å². The molecule has 0 bridgehead atoms. The molecule has 7 atom stereocenters. The number of aliphatic hydroxyl groups excluding tert-OH is 5. The van der Waals surface area contributed by atoms with Crippen molar-refractivity contribution in [2.45, 2.75) is 410 Å². The molecule has 1 aliphatic heterocycles. The van der Waals surface area contributed by atoms with Crippen LogP contribution in [0.5, 0.6) is 0 Å². The van der Waals surface area contributed by atoms with Crippen LogP contribution in [0.25, 0.3) is 0 Å². The smallest absolute Gasteiger partial charge is 0.220 e.